The van der Waals surface area contributed by atoms with Crippen LogP contribution in [0.4, 0.5) is 10.1 Å². The fourth-order valence-corrected chi connectivity index (χ4v) is 4.59. The monoisotopic (exact) mass is 458 g/mol. The highest BCUT2D eigenvalue weighted by Crippen LogP contribution is 2.26. The summed E-state index contributed by atoms with van der Waals surface area (Å²) in [6, 6.07) is 21.8. The Labute approximate surface area is 198 Å². The maximum atomic E-state index is 13.6. The van der Waals surface area contributed by atoms with Crippen LogP contribution in [0.5, 0.6) is 5.75 Å². The molecule has 1 amide bonds. The minimum absolute atomic E-state index is 0.0295. The third-order valence-electron chi connectivity index (χ3n) is 6.31. The predicted octanol–water partition coefficient (Wildman–Crippen LogP) is 5.02. The van der Waals surface area contributed by atoms with E-state index >= 15 is 0 Å². The summed E-state index contributed by atoms with van der Waals surface area (Å²) >= 11 is 0. The van der Waals surface area contributed by atoms with Crippen molar-refractivity contribution in [2.45, 2.75) is 19.4 Å². The Morgan fingerprint density at radius 1 is 1.09 bits per heavy atom. The molecule has 7 heteroatoms. The quantitative estimate of drug-likeness (QED) is 0.441. The number of carbonyl (C=O) groups excluding carboxylic acids is 1. The van der Waals surface area contributed by atoms with E-state index in [-0.39, 0.29) is 17.6 Å². The third kappa shape index (κ3) is 4.65. The van der Waals surface area contributed by atoms with E-state index in [1.54, 1.807) is 19.2 Å². The van der Waals surface area contributed by atoms with Gasteiger partial charge < -0.3 is 10.1 Å². The van der Waals surface area contributed by atoms with Gasteiger partial charge >= 0.3 is 0 Å². The number of nitrogens with one attached hydrogen (secondary N) is 1. The molecule has 174 valence electrons. The Balaban J connectivity index is 1.34. The van der Waals surface area contributed by atoms with Crippen LogP contribution in [0.25, 0.3) is 16.7 Å². The molecule has 0 saturated carbocycles. The van der Waals surface area contributed by atoms with E-state index in [0.717, 1.165) is 53.4 Å². The van der Waals surface area contributed by atoms with Gasteiger partial charge in [0.05, 0.1) is 30.6 Å². The first-order valence-electron chi connectivity index (χ1n) is 11.5. The maximum Gasteiger partial charge on any atom is 0.228 e. The topological polar surface area (TPSA) is 59.4 Å². The SMILES string of the molecule is COc1ccc(NC(=O)[C@H]2CCCN(Cc3nc4ccccc4n3-c3ccc(F)cc3)C2)cc1. The molecule has 1 saturated heterocycles. The van der Waals surface area contributed by atoms with Crippen molar-refractivity contribution in [1.82, 2.24) is 14.5 Å². The van der Waals surface area contributed by atoms with Crippen LogP contribution in [0.15, 0.2) is 72.8 Å². The first-order chi connectivity index (χ1) is 16.6. The summed E-state index contributed by atoms with van der Waals surface area (Å²) < 4.78 is 20.8. The van der Waals surface area contributed by atoms with Gasteiger partial charge in [0, 0.05) is 17.9 Å². The van der Waals surface area contributed by atoms with Crippen molar-refractivity contribution < 1.29 is 13.9 Å². The maximum absolute atomic E-state index is 13.6. The van der Waals surface area contributed by atoms with Crippen LogP contribution < -0.4 is 10.1 Å². The highest BCUT2D eigenvalue weighted by molar-refractivity contribution is 5.92. The second-order valence-electron chi connectivity index (χ2n) is 8.62. The van der Waals surface area contributed by atoms with Gasteiger partial charge in [0.15, 0.2) is 0 Å². The van der Waals surface area contributed by atoms with Crippen LogP contribution >= 0.6 is 0 Å². The van der Waals surface area contributed by atoms with Crippen LogP contribution in [-0.4, -0.2) is 40.6 Å². The lowest BCUT2D eigenvalue weighted by Crippen LogP contribution is -2.40. The van der Waals surface area contributed by atoms with Crippen molar-refractivity contribution in [3.8, 4) is 11.4 Å². The fourth-order valence-electron chi connectivity index (χ4n) is 4.59. The fraction of sp³-hybridized carbons (Fsp3) is 0.259. The molecule has 4 aromatic rings. The van der Waals surface area contributed by atoms with Crippen LogP contribution in [0.1, 0.15) is 18.7 Å². The van der Waals surface area contributed by atoms with Crippen molar-refractivity contribution >= 4 is 22.6 Å². The number of anilines is 1. The molecular weight excluding hydrogens is 431 g/mol. The number of fused-ring (bicyclic) bond motifs is 1. The van der Waals surface area contributed by atoms with Crippen molar-refractivity contribution in [3.05, 3.63) is 84.4 Å². The van der Waals surface area contributed by atoms with Gasteiger partial charge in [-0.25, -0.2) is 9.37 Å². The van der Waals surface area contributed by atoms with Gasteiger partial charge in [0.25, 0.3) is 0 Å². The first kappa shape index (κ1) is 22.1. The lowest BCUT2D eigenvalue weighted by atomic mass is 9.97. The molecule has 3 aromatic carbocycles. The number of halogens is 1. The molecule has 1 N–H and O–H groups in total. The Bertz CT molecular complexity index is 1280. The Morgan fingerprint density at radius 2 is 1.85 bits per heavy atom. The standard InChI is InChI=1S/C27H27FN4O2/c1-34-23-14-10-21(11-15-23)29-27(33)19-5-4-16-31(17-19)18-26-30-24-6-2-3-7-25(24)32(26)22-12-8-20(28)9-13-22/h2-3,6-15,19H,4-5,16-18H2,1H3,(H,29,33)/t19-/m0/s1. The van der Waals surface area contributed by atoms with Gasteiger partial charge in [-0.05, 0) is 80.1 Å². The highest BCUT2D eigenvalue weighted by atomic mass is 19.1. The molecule has 5 rings (SSSR count). The van der Waals surface area contributed by atoms with E-state index in [2.05, 4.69) is 14.8 Å². The number of methoxy groups -OCH3 is 1. The third-order valence-corrected chi connectivity index (χ3v) is 6.31. The average molecular weight is 459 g/mol. The van der Waals surface area contributed by atoms with Crippen LogP contribution in [0.2, 0.25) is 0 Å². The molecule has 1 fully saturated rings. The molecule has 1 aliphatic rings. The van der Waals surface area contributed by atoms with Crippen molar-refractivity contribution in [2.75, 3.05) is 25.5 Å². The number of para-hydroxylation sites is 2. The summed E-state index contributed by atoms with van der Waals surface area (Å²) in [5.74, 6) is 1.30. The summed E-state index contributed by atoms with van der Waals surface area (Å²) in [5, 5.41) is 3.03. The zero-order valence-corrected chi connectivity index (χ0v) is 19.1. The molecular formula is C27H27FN4O2. The summed E-state index contributed by atoms with van der Waals surface area (Å²) in [7, 11) is 1.62. The van der Waals surface area contributed by atoms with Crippen molar-refractivity contribution in [2.24, 2.45) is 5.92 Å². The molecule has 0 unspecified atom stereocenters. The molecule has 0 radical (unpaired) electrons. The molecule has 1 aliphatic heterocycles. The number of rotatable bonds is 6. The molecule has 6 nitrogen and oxygen atoms in total. The van der Waals surface area contributed by atoms with Gasteiger partial charge in [-0.2, -0.15) is 0 Å². The van der Waals surface area contributed by atoms with E-state index < -0.39 is 0 Å². The molecule has 1 atom stereocenters. The number of nitrogens with zero attached hydrogens (tertiary/aromatic N) is 3. The predicted molar refractivity (Wildman–Crippen MR) is 131 cm³/mol. The summed E-state index contributed by atoms with van der Waals surface area (Å²) in [4.78, 5) is 20.1. The van der Waals surface area contributed by atoms with Crippen molar-refractivity contribution in [1.29, 1.82) is 0 Å². The molecule has 34 heavy (non-hydrogen) atoms. The average Bonchev–Trinajstić information content (AvgIpc) is 3.23. The van der Waals surface area contributed by atoms with E-state index in [1.165, 1.54) is 12.1 Å². The van der Waals surface area contributed by atoms with Crippen molar-refractivity contribution in [3.63, 3.8) is 0 Å². The molecule has 1 aromatic heterocycles. The summed E-state index contributed by atoms with van der Waals surface area (Å²) in [5.41, 5.74) is 3.51. The first-order valence-corrected chi connectivity index (χ1v) is 11.5. The number of aromatic nitrogens is 2. The number of hydrogen-bond acceptors (Lipinski definition) is 4. The molecule has 0 bridgehead atoms. The van der Waals surface area contributed by atoms with Crippen LogP contribution in [0, 0.1) is 11.7 Å². The lowest BCUT2D eigenvalue weighted by molar-refractivity contribution is -0.121. The number of ether oxygens (including phenoxy) is 1. The normalized spacial score (nSPS) is 16.5. The van der Waals surface area contributed by atoms with Gasteiger partial charge in [0.2, 0.25) is 5.91 Å². The smallest absolute Gasteiger partial charge is 0.228 e. The summed E-state index contributed by atoms with van der Waals surface area (Å²) in [6.45, 7) is 2.17. The zero-order valence-electron chi connectivity index (χ0n) is 19.1. The van der Waals surface area contributed by atoms with Gasteiger partial charge in [0.1, 0.15) is 17.4 Å². The molecule has 0 aliphatic carbocycles. The van der Waals surface area contributed by atoms with E-state index in [1.807, 2.05) is 48.5 Å². The second kappa shape index (κ2) is 9.65. The number of amides is 1. The van der Waals surface area contributed by atoms with E-state index in [0.29, 0.717) is 13.1 Å². The van der Waals surface area contributed by atoms with E-state index in [9.17, 15) is 9.18 Å². The molecule has 0 spiro atoms. The lowest BCUT2D eigenvalue weighted by Gasteiger charge is -2.31. The number of hydrogen-bond donors (Lipinski definition) is 1. The number of carbonyl (C=O) groups is 1. The molecule has 2 heterocycles. The van der Waals surface area contributed by atoms with Gasteiger partial charge in [-0.15, -0.1) is 0 Å². The minimum Gasteiger partial charge on any atom is -0.497 e. The minimum atomic E-state index is -0.267. The zero-order chi connectivity index (χ0) is 23.5. The number of piperidine rings is 1. The van der Waals surface area contributed by atoms with Crippen LogP contribution in [0.3, 0.4) is 0 Å². The Hall–Kier alpha value is -3.71. The number of imidazole rings is 1. The van der Waals surface area contributed by atoms with Gasteiger partial charge in [-0.3, -0.25) is 14.3 Å². The highest BCUT2D eigenvalue weighted by Gasteiger charge is 2.27. The number of likely N-dealkylation sites (tertiary alicyclic amines) is 1. The van der Waals surface area contributed by atoms with E-state index in [4.69, 9.17) is 9.72 Å². The van der Waals surface area contributed by atoms with Gasteiger partial charge in [-0.1, -0.05) is 12.1 Å². The largest absolute Gasteiger partial charge is 0.497 e. The number of benzene rings is 3. The Morgan fingerprint density at radius 3 is 2.62 bits per heavy atom. The second-order valence-corrected chi connectivity index (χ2v) is 8.62. The van der Waals surface area contributed by atoms with Crippen LogP contribution in [-0.2, 0) is 11.3 Å². The Kier molecular flexibility index (Phi) is 6.27. The summed E-state index contributed by atoms with van der Waals surface area (Å²) in [6.07, 6.45) is 1.80.